The molecule has 22 heavy (non-hydrogen) atoms. The molecule has 0 aliphatic carbocycles. The van der Waals surface area contributed by atoms with Gasteiger partial charge < -0.3 is 9.47 Å². The lowest BCUT2D eigenvalue weighted by Crippen LogP contribution is -2.02. The van der Waals surface area contributed by atoms with Crippen LogP contribution in [0.2, 0.25) is 0 Å². The zero-order valence-corrected chi connectivity index (χ0v) is 12.3. The Balaban J connectivity index is 1.89. The van der Waals surface area contributed by atoms with Crippen LogP contribution >= 0.6 is 0 Å². The van der Waals surface area contributed by atoms with E-state index in [0.717, 1.165) is 11.3 Å². The maximum absolute atomic E-state index is 11.5. The number of aromatic nitrogens is 3. The summed E-state index contributed by atoms with van der Waals surface area (Å²) in [6.45, 7) is 0. The number of nitrogens with zero attached hydrogens (tertiary/aromatic N) is 3. The summed E-state index contributed by atoms with van der Waals surface area (Å²) in [5, 5.41) is 4.40. The minimum atomic E-state index is -0.389. The molecule has 6 heteroatoms. The quantitative estimate of drug-likeness (QED) is 0.690. The van der Waals surface area contributed by atoms with Crippen LogP contribution in [0.3, 0.4) is 0 Å². The van der Waals surface area contributed by atoms with Gasteiger partial charge in [0.1, 0.15) is 5.75 Å². The molecule has 0 bridgehead atoms. The third kappa shape index (κ3) is 2.76. The third-order valence-corrected chi connectivity index (χ3v) is 3.30. The molecule has 0 aliphatic heterocycles. The van der Waals surface area contributed by atoms with Gasteiger partial charge in [0.25, 0.3) is 0 Å². The molecule has 0 aliphatic rings. The van der Waals surface area contributed by atoms with E-state index in [1.54, 1.807) is 30.0 Å². The van der Waals surface area contributed by atoms with E-state index in [2.05, 4.69) is 10.1 Å². The van der Waals surface area contributed by atoms with Crippen molar-refractivity contribution in [3.63, 3.8) is 0 Å². The Morgan fingerprint density at radius 1 is 1.23 bits per heavy atom. The molecule has 1 aromatic carbocycles. The SMILES string of the molecule is COC(=O)c1ccn2nc(Cc3cccc(OC)c3)nc2c1. The van der Waals surface area contributed by atoms with Gasteiger partial charge >= 0.3 is 5.97 Å². The van der Waals surface area contributed by atoms with Crippen molar-refractivity contribution in [1.82, 2.24) is 14.6 Å². The van der Waals surface area contributed by atoms with Gasteiger partial charge in [-0.25, -0.2) is 14.3 Å². The lowest BCUT2D eigenvalue weighted by molar-refractivity contribution is 0.0600. The van der Waals surface area contributed by atoms with Crippen LogP contribution in [0, 0.1) is 0 Å². The average Bonchev–Trinajstić information content (AvgIpc) is 2.95. The molecule has 0 saturated carbocycles. The number of ether oxygens (including phenoxy) is 2. The number of esters is 1. The first-order chi connectivity index (χ1) is 10.7. The zero-order valence-electron chi connectivity index (χ0n) is 12.3. The first-order valence-corrected chi connectivity index (χ1v) is 6.76. The summed E-state index contributed by atoms with van der Waals surface area (Å²) in [5.41, 5.74) is 2.12. The molecule has 0 atom stereocenters. The largest absolute Gasteiger partial charge is 0.497 e. The number of carbonyl (C=O) groups excluding carboxylic acids is 1. The molecule has 2 heterocycles. The van der Waals surface area contributed by atoms with Crippen molar-refractivity contribution in [3.05, 3.63) is 59.5 Å². The van der Waals surface area contributed by atoms with Crippen molar-refractivity contribution in [2.75, 3.05) is 14.2 Å². The first-order valence-electron chi connectivity index (χ1n) is 6.76. The second-order valence-electron chi connectivity index (χ2n) is 4.77. The number of hydrogen-bond acceptors (Lipinski definition) is 5. The summed E-state index contributed by atoms with van der Waals surface area (Å²) in [6, 6.07) is 11.1. The van der Waals surface area contributed by atoms with Gasteiger partial charge in [0.2, 0.25) is 0 Å². The highest BCUT2D eigenvalue weighted by Gasteiger charge is 2.10. The molecule has 0 unspecified atom stereocenters. The maximum atomic E-state index is 11.5. The third-order valence-electron chi connectivity index (χ3n) is 3.30. The Bertz CT molecular complexity index is 826. The van der Waals surface area contributed by atoms with Crippen LogP contribution < -0.4 is 4.74 Å². The fraction of sp³-hybridized carbons (Fsp3) is 0.188. The number of methoxy groups -OCH3 is 2. The van der Waals surface area contributed by atoms with Gasteiger partial charge in [-0.3, -0.25) is 0 Å². The molecule has 0 fully saturated rings. The molecule has 0 N–H and O–H groups in total. The van der Waals surface area contributed by atoms with Crippen LogP contribution in [0.15, 0.2) is 42.6 Å². The van der Waals surface area contributed by atoms with E-state index < -0.39 is 0 Å². The van der Waals surface area contributed by atoms with E-state index in [9.17, 15) is 4.79 Å². The van der Waals surface area contributed by atoms with Crippen molar-refractivity contribution in [3.8, 4) is 5.75 Å². The number of carbonyl (C=O) groups is 1. The summed E-state index contributed by atoms with van der Waals surface area (Å²) in [7, 11) is 2.99. The highest BCUT2D eigenvalue weighted by molar-refractivity contribution is 5.90. The van der Waals surface area contributed by atoms with Gasteiger partial charge in [-0.2, -0.15) is 5.10 Å². The Labute approximate surface area is 127 Å². The van der Waals surface area contributed by atoms with Crippen LogP contribution in [0.25, 0.3) is 5.65 Å². The van der Waals surface area contributed by atoms with E-state index >= 15 is 0 Å². The fourth-order valence-electron chi connectivity index (χ4n) is 2.21. The highest BCUT2D eigenvalue weighted by atomic mass is 16.5. The molecule has 2 aromatic heterocycles. The van der Waals surface area contributed by atoms with Crippen LogP contribution in [-0.2, 0) is 11.2 Å². The van der Waals surface area contributed by atoms with E-state index in [1.807, 2.05) is 24.3 Å². The van der Waals surface area contributed by atoms with Crippen molar-refractivity contribution < 1.29 is 14.3 Å². The predicted octanol–water partition coefficient (Wildman–Crippen LogP) is 2.12. The van der Waals surface area contributed by atoms with Crippen LogP contribution in [0.5, 0.6) is 5.75 Å². The molecule has 112 valence electrons. The Hall–Kier alpha value is -2.89. The van der Waals surface area contributed by atoms with Crippen LogP contribution in [-0.4, -0.2) is 34.8 Å². The highest BCUT2D eigenvalue weighted by Crippen LogP contribution is 2.15. The molecular formula is C16H15N3O3. The molecule has 3 aromatic rings. The van der Waals surface area contributed by atoms with Gasteiger partial charge in [-0.05, 0) is 29.8 Å². The number of rotatable bonds is 4. The summed E-state index contributed by atoms with van der Waals surface area (Å²) >= 11 is 0. The molecular weight excluding hydrogens is 282 g/mol. The molecule has 0 saturated heterocycles. The van der Waals surface area contributed by atoms with Gasteiger partial charge in [-0.1, -0.05) is 12.1 Å². The van der Waals surface area contributed by atoms with Crippen molar-refractivity contribution >= 4 is 11.6 Å². The molecule has 3 rings (SSSR count). The maximum Gasteiger partial charge on any atom is 0.338 e. The topological polar surface area (TPSA) is 65.7 Å². The van der Waals surface area contributed by atoms with Gasteiger partial charge in [0, 0.05) is 12.6 Å². The monoisotopic (exact) mass is 297 g/mol. The summed E-state index contributed by atoms with van der Waals surface area (Å²) in [4.78, 5) is 16.0. The summed E-state index contributed by atoms with van der Waals surface area (Å²) in [6.07, 6.45) is 2.29. The Morgan fingerprint density at radius 3 is 2.86 bits per heavy atom. The van der Waals surface area contributed by atoms with Crippen molar-refractivity contribution in [1.29, 1.82) is 0 Å². The molecule has 0 amide bonds. The summed E-state index contributed by atoms with van der Waals surface area (Å²) < 4.78 is 11.6. The Kier molecular flexibility index (Phi) is 3.74. The zero-order chi connectivity index (χ0) is 15.5. The minimum Gasteiger partial charge on any atom is -0.497 e. The van der Waals surface area contributed by atoms with E-state index in [1.165, 1.54) is 7.11 Å². The van der Waals surface area contributed by atoms with E-state index in [4.69, 9.17) is 9.47 Å². The average molecular weight is 297 g/mol. The first kappa shape index (κ1) is 14.1. The molecule has 0 spiro atoms. The summed E-state index contributed by atoms with van der Waals surface area (Å²) in [5.74, 6) is 1.09. The second-order valence-corrected chi connectivity index (χ2v) is 4.77. The van der Waals surface area contributed by atoms with E-state index in [-0.39, 0.29) is 5.97 Å². The van der Waals surface area contributed by atoms with E-state index in [0.29, 0.717) is 23.5 Å². The van der Waals surface area contributed by atoms with Crippen LogP contribution in [0.4, 0.5) is 0 Å². The normalized spacial score (nSPS) is 10.6. The predicted molar refractivity (Wildman–Crippen MR) is 80.1 cm³/mol. The minimum absolute atomic E-state index is 0.389. The van der Waals surface area contributed by atoms with Gasteiger partial charge in [-0.15, -0.1) is 0 Å². The number of hydrogen-bond donors (Lipinski definition) is 0. The smallest absolute Gasteiger partial charge is 0.338 e. The van der Waals surface area contributed by atoms with Crippen molar-refractivity contribution in [2.45, 2.75) is 6.42 Å². The molecule has 0 radical (unpaired) electrons. The molecule has 6 nitrogen and oxygen atoms in total. The number of benzene rings is 1. The standard InChI is InChI=1S/C16H15N3O3/c1-21-13-5-3-4-11(8-13)9-14-17-15-10-12(16(20)22-2)6-7-19(15)18-14/h3-8,10H,9H2,1-2H3. The number of pyridine rings is 1. The number of fused-ring (bicyclic) bond motifs is 1. The van der Waals surface area contributed by atoms with Gasteiger partial charge in [0.15, 0.2) is 11.5 Å². The fourth-order valence-corrected chi connectivity index (χ4v) is 2.21. The lowest BCUT2D eigenvalue weighted by atomic mass is 10.1. The van der Waals surface area contributed by atoms with Crippen LogP contribution in [0.1, 0.15) is 21.7 Å². The lowest BCUT2D eigenvalue weighted by Gasteiger charge is -2.01. The Morgan fingerprint density at radius 2 is 2.09 bits per heavy atom. The second kappa shape index (κ2) is 5.85. The van der Waals surface area contributed by atoms with Gasteiger partial charge in [0.05, 0.1) is 19.8 Å². The van der Waals surface area contributed by atoms with Crippen molar-refractivity contribution in [2.24, 2.45) is 0 Å².